The van der Waals surface area contributed by atoms with Gasteiger partial charge in [-0.1, -0.05) is 18.2 Å². The zero-order valence-electron chi connectivity index (χ0n) is 9.67. The van der Waals surface area contributed by atoms with Crippen LogP contribution in [0.1, 0.15) is 23.1 Å². The summed E-state index contributed by atoms with van der Waals surface area (Å²) in [5.74, 6) is 0.735. The van der Waals surface area contributed by atoms with Gasteiger partial charge in [-0.3, -0.25) is 0 Å². The minimum absolute atomic E-state index is 0.505. The molecule has 0 spiro atoms. The molecule has 0 fully saturated rings. The fourth-order valence-electron chi connectivity index (χ4n) is 1.73. The monoisotopic (exact) mass is 249 g/mol. The van der Waals surface area contributed by atoms with Gasteiger partial charge in [0.05, 0.1) is 18.2 Å². The Kier molecular flexibility index (Phi) is 4.12. The van der Waals surface area contributed by atoms with Gasteiger partial charge in [0.2, 0.25) is 0 Å². The van der Waals surface area contributed by atoms with Crippen LogP contribution in [-0.4, -0.2) is 17.2 Å². The van der Waals surface area contributed by atoms with E-state index in [1.54, 1.807) is 24.6 Å². The van der Waals surface area contributed by atoms with E-state index in [0.29, 0.717) is 6.42 Å². The third-order valence-corrected chi connectivity index (χ3v) is 3.45. The summed E-state index contributed by atoms with van der Waals surface area (Å²) in [4.78, 5) is 4.20. The number of aromatic nitrogens is 1. The van der Waals surface area contributed by atoms with Crippen molar-refractivity contribution in [2.45, 2.75) is 18.9 Å². The first-order valence-corrected chi connectivity index (χ1v) is 6.38. The Balaban J connectivity index is 2.01. The molecule has 0 saturated carbocycles. The zero-order chi connectivity index (χ0) is 12.1. The van der Waals surface area contributed by atoms with Crippen molar-refractivity contribution in [3.05, 3.63) is 46.4 Å². The highest BCUT2D eigenvalue weighted by molar-refractivity contribution is 7.09. The molecule has 0 bridgehead atoms. The van der Waals surface area contributed by atoms with Crippen LogP contribution in [0.3, 0.4) is 0 Å². The number of aliphatic hydroxyl groups is 1. The molecule has 3 nitrogen and oxygen atoms in total. The molecule has 4 heteroatoms. The Hall–Kier alpha value is -1.39. The summed E-state index contributed by atoms with van der Waals surface area (Å²) in [7, 11) is 1.62. The number of ether oxygens (including phenoxy) is 1. The van der Waals surface area contributed by atoms with E-state index in [2.05, 4.69) is 4.98 Å². The van der Waals surface area contributed by atoms with Gasteiger partial charge in [-0.25, -0.2) is 4.98 Å². The molecule has 1 atom stereocenters. The van der Waals surface area contributed by atoms with Gasteiger partial charge in [-0.2, -0.15) is 0 Å². The third kappa shape index (κ3) is 3.05. The van der Waals surface area contributed by atoms with E-state index >= 15 is 0 Å². The molecule has 1 unspecified atom stereocenters. The van der Waals surface area contributed by atoms with Crippen molar-refractivity contribution in [3.8, 4) is 5.75 Å². The van der Waals surface area contributed by atoms with Crippen molar-refractivity contribution in [2.24, 2.45) is 0 Å². The summed E-state index contributed by atoms with van der Waals surface area (Å²) in [5.41, 5.74) is 0.839. The third-order valence-electron chi connectivity index (χ3n) is 2.61. The molecule has 1 aromatic carbocycles. The highest BCUT2D eigenvalue weighted by atomic mass is 32.1. The Labute approximate surface area is 105 Å². The second kappa shape index (κ2) is 5.80. The number of benzene rings is 1. The average molecular weight is 249 g/mol. The van der Waals surface area contributed by atoms with E-state index in [1.165, 1.54) is 0 Å². The lowest BCUT2D eigenvalue weighted by Gasteiger charge is -2.13. The Morgan fingerprint density at radius 2 is 2.24 bits per heavy atom. The van der Waals surface area contributed by atoms with Gasteiger partial charge in [-0.05, 0) is 12.5 Å². The summed E-state index contributed by atoms with van der Waals surface area (Å²) in [6.07, 6.45) is 2.73. The number of hydrogen-bond acceptors (Lipinski definition) is 4. The molecule has 17 heavy (non-hydrogen) atoms. The largest absolute Gasteiger partial charge is 0.496 e. The van der Waals surface area contributed by atoms with Crippen molar-refractivity contribution >= 4 is 11.3 Å². The van der Waals surface area contributed by atoms with E-state index in [0.717, 1.165) is 22.7 Å². The first-order valence-electron chi connectivity index (χ1n) is 5.50. The number of aryl methyl sites for hydroxylation is 1. The molecule has 0 aliphatic heterocycles. The predicted molar refractivity (Wildman–Crippen MR) is 68.4 cm³/mol. The van der Waals surface area contributed by atoms with Gasteiger partial charge >= 0.3 is 0 Å². The second-order valence-corrected chi connectivity index (χ2v) is 4.70. The van der Waals surface area contributed by atoms with Crippen molar-refractivity contribution in [1.82, 2.24) is 4.98 Å². The van der Waals surface area contributed by atoms with Gasteiger partial charge in [0.15, 0.2) is 0 Å². The van der Waals surface area contributed by atoms with Crippen LogP contribution in [0.15, 0.2) is 35.8 Å². The SMILES string of the molecule is COc1ccccc1C(O)CCc1nccs1. The minimum Gasteiger partial charge on any atom is -0.496 e. The average Bonchev–Trinajstić information content (AvgIpc) is 2.89. The summed E-state index contributed by atoms with van der Waals surface area (Å²) in [6, 6.07) is 7.56. The summed E-state index contributed by atoms with van der Waals surface area (Å²) >= 11 is 1.62. The van der Waals surface area contributed by atoms with Crippen molar-refractivity contribution in [3.63, 3.8) is 0 Å². The van der Waals surface area contributed by atoms with E-state index in [-0.39, 0.29) is 0 Å². The van der Waals surface area contributed by atoms with Crippen molar-refractivity contribution in [2.75, 3.05) is 7.11 Å². The van der Waals surface area contributed by atoms with Gasteiger partial charge in [-0.15, -0.1) is 11.3 Å². The van der Waals surface area contributed by atoms with Crippen LogP contribution in [-0.2, 0) is 6.42 Å². The number of aliphatic hydroxyl groups excluding tert-OH is 1. The lowest BCUT2D eigenvalue weighted by molar-refractivity contribution is 0.163. The molecular formula is C13H15NO2S. The molecule has 0 saturated heterocycles. The lowest BCUT2D eigenvalue weighted by atomic mass is 10.0. The van der Waals surface area contributed by atoms with E-state index in [4.69, 9.17) is 4.74 Å². The summed E-state index contributed by atoms with van der Waals surface area (Å²) in [5, 5.41) is 13.1. The molecule has 0 aliphatic rings. The predicted octanol–water partition coefficient (Wildman–Crippen LogP) is 2.82. The number of methoxy groups -OCH3 is 1. The maximum absolute atomic E-state index is 10.1. The van der Waals surface area contributed by atoms with Crippen LogP contribution in [0.2, 0.25) is 0 Å². The maximum atomic E-state index is 10.1. The van der Waals surface area contributed by atoms with Crippen molar-refractivity contribution < 1.29 is 9.84 Å². The Morgan fingerprint density at radius 3 is 2.94 bits per heavy atom. The first kappa shape index (κ1) is 12.1. The number of para-hydroxylation sites is 1. The molecule has 0 amide bonds. The van der Waals surface area contributed by atoms with Crippen molar-refractivity contribution in [1.29, 1.82) is 0 Å². The number of nitrogens with zero attached hydrogens (tertiary/aromatic N) is 1. The number of thiazole rings is 1. The van der Waals surface area contributed by atoms with Gasteiger partial charge in [0.25, 0.3) is 0 Å². The summed E-state index contributed by atoms with van der Waals surface area (Å²) < 4.78 is 5.23. The highest BCUT2D eigenvalue weighted by Gasteiger charge is 2.12. The fourth-order valence-corrected chi connectivity index (χ4v) is 2.37. The van der Waals surface area contributed by atoms with Gasteiger partial charge < -0.3 is 9.84 Å². The van der Waals surface area contributed by atoms with E-state index in [9.17, 15) is 5.11 Å². The van der Waals surface area contributed by atoms with E-state index < -0.39 is 6.10 Å². The molecule has 2 rings (SSSR count). The smallest absolute Gasteiger partial charge is 0.124 e. The quantitative estimate of drug-likeness (QED) is 0.886. The highest BCUT2D eigenvalue weighted by Crippen LogP contribution is 2.27. The number of rotatable bonds is 5. The topological polar surface area (TPSA) is 42.4 Å². The van der Waals surface area contributed by atoms with Crippen LogP contribution in [0, 0.1) is 0 Å². The van der Waals surface area contributed by atoms with Gasteiger partial charge in [0, 0.05) is 23.6 Å². The minimum atomic E-state index is -0.505. The van der Waals surface area contributed by atoms with Crippen LogP contribution in [0.4, 0.5) is 0 Å². The molecule has 1 N–H and O–H groups in total. The molecule has 1 heterocycles. The van der Waals surface area contributed by atoms with Crippen LogP contribution in [0.5, 0.6) is 5.75 Å². The van der Waals surface area contributed by atoms with Crippen LogP contribution < -0.4 is 4.74 Å². The first-order chi connectivity index (χ1) is 8.31. The van der Waals surface area contributed by atoms with Crippen LogP contribution >= 0.6 is 11.3 Å². The van der Waals surface area contributed by atoms with E-state index in [1.807, 2.05) is 29.6 Å². The fraction of sp³-hybridized carbons (Fsp3) is 0.308. The maximum Gasteiger partial charge on any atom is 0.124 e. The molecule has 2 aromatic rings. The zero-order valence-corrected chi connectivity index (χ0v) is 10.5. The Morgan fingerprint density at radius 1 is 1.41 bits per heavy atom. The van der Waals surface area contributed by atoms with Gasteiger partial charge in [0.1, 0.15) is 5.75 Å². The standard InChI is InChI=1S/C13H15NO2S/c1-16-12-5-3-2-4-10(12)11(15)6-7-13-14-8-9-17-13/h2-5,8-9,11,15H,6-7H2,1H3. The molecular weight excluding hydrogens is 234 g/mol. The molecule has 0 aliphatic carbocycles. The normalized spacial score (nSPS) is 12.4. The molecule has 0 radical (unpaired) electrons. The number of hydrogen-bond donors (Lipinski definition) is 1. The lowest BCUT2D eigenvalue weighted by Crippen LogP contribution is -2.02. The molecule has 90 valence electrons. The Bertz CT molecular complexity index is 456. The van der Waals surface area contributed by atoms with Crippen LogP contribution in [0.25, 0.3) is 0 Å². The molecule has 1 aromatic heterocycles. The second-order valence-electron chi connectivity index (χ2n) is 3.72. The summed E-state index contributed by atoms with van der Waals surface area (Å²) in [6.45, 7) is 0.